The second kappa shape index (κ2) is 14.4. The van der Waals surface area contributed by atoms with Gasteiger partial charge in [-0.15, -0.1) is 0 Å². The Morgan fingerprint density at radius 2 is 2.06 bits per heavy atom. The molecule has 1 saturated heterocycles. The van der Waals surface area contributed by atoms with Crippen LogP contribution in [0.25, 0.3) is 0 Å². The first-order chi connectivity index (χ1) is 15.4. The van der Waals surface area contributed by atoms with Crippen LogP contribution in [0.3, 0.4) is 0 Å². The van der Waals surface area contributed by atoms with Crippen molar-refractivity contribution in [1.82, 2.24) is 15.1 Å². The molecule has 0 radical (unpaired) electrons. The molecule has 1 aliphatic heterocycles. The Morgan fingerprint density at radius 1 is 1.25 bits per heavy atom. The number of carbonyl (C=O) groups excluding carboxylic acids is 1. The van der Waals surface area contributed by atoms with Gasteiger partial charge >= 0.3 is 6.03 Å². The van der Waals surface area contributed by atoms with Crippen LogP contribution in [0.15, 0.2) is 47.1 Å². The molecule has 4 nitrogen and oxygen atoms in total. The molecule has 32 heavy (non-hydrogen) atoms. The van der Waals surface area contributed by atoms with E-state index in [-0.39, 0.29) is 6.03 Å². The van der Waals surface area contributed by atoms with Gasteiger partial charge in [0.25, 0.3) is 0 Å². The minimum Gasteiger partial charge on any atom is -0.337 e. The van der Waals surface area contributed by atoms with Gasteiger partial charge in [-0.25, -0.2) is 4.79 Å². The highest BCUT2D eigenvalue weighted by Crippen LogP contribution is 2.20. The van der Waals surface area contributed by atoms with Gasteiger partial charge in [0.05, 0.1) is 0 Å². The van der Waals surface area contributed by atoms with Gasteiger partial charge in [-0.3, -0.25) is 4.90 Å². The highest BCUT2D eigenvalue weighted by atomic mass is 16.2. The lowest BCUT2D eigenvalue weighted by Crippen LogP contribution is -2.44. The summed E-state index contributed by atoms with van der Waals surface area (Å²) in [7, 11) is 0. The molecule has 1 unspecified atom stereocenters. The molecule has 0 aromatic rings. The molecule has 4 heteroatoms. The molecule has 2 aliphatic rings. The SMILES string of the molecule is CCC/C(=C\C=C(/C)CN1CC[C@@H](CN(CCC)C(=O)NCC2C=CC(C)=CC2)C1)CC. The predicted octanol–water partition coefficient (Wildman–Crippen LogP) is 6.34. The Labute approximate surface area is 197 Å². The first kappa shape index (κ1) is 26.4. The normalized spacial score (nSPS) is 22.2. The van der Waals surface area contributed by atoms with Gasteiger partial charge in [-0.05, 0) is 64.3 Å². The molecule has 0 bridgehead atoms. The number of urea groups is 1. The Bertz CT molecular complexity index is 703. The molecule has 1 N–H and O–H groups in total. The molecule has 2 amide bonds. The number of rotatable bonds is 12. The molecule has 1 aliphatic carbocycles. The molecule has 0 saturated carbocycles. The van der Waals surface area contributed by atoms with Crippen LogP contribution in [-0.2, 0) is 0 Å². The quantitative estimate of drug-likeness (QED) is 0.359. The summed E-state index contributed by atoms with van der Waals surface area (Å²) in [5.74, 6) is 0.990. The second-order valence-corrected chi connectivity index (χ2v) is 9.77. The van der Waals surface area contributed by atoms with Crippen LogP contribution in [0, 0.1) is 11.8 Å². The maximum absolute atomic E-state index is 12.9. The van der Waals surface area contributed by atoms with Gasteiger partial charge in [-0.1, -0.05) is 74.3 Å². The number of hydrogen-bond donors (Lipinski definition) is 1. The number of allylic oxidation sites excluding steroid dienone is 6. The zero-order valence-electron chi connectivity index (χ0n) is 21.3. The fraction of sp³-hybridized carbons (Fsp3) is 0.679. The maximum Gasteiger partial charge on any atom is 0.317 e. The zero-order chi connectivity index (χ0) is 23.3. The number of nitrogens with zero attached hydrogens (tertiary/aromatic N) is 2. The van der Waals surface area contributed by atoms with Crippen molar-refractivity contribution in [3.8, 4) is 0 Å². The smallest absolute Gasteiger partial charge is 0.317 e. The molecule has 2 atom stereocenters. The van der Waals surface area contributed by atoms with E-state index in [2.05, 4.69) is 75.2 Å². The van der Waals surface area contributed by atoms with Crippen LogP contribution in [0.1, 0.15) is 73.1 Å². The van der Waals surface area contributed by atoms with Crippen molar-refractivity contribution in [2.24, 2.45) is 11.8 Å². The van der Waals surface area contributed by atoms with Crippen molar-refractivity contribution in [3.05, 3.63) is 47.1 Å². The minimum absolute atomic E-state index is 0.106. The van der Waals surface area contributed by atoms with Gasteiger partial charge in [0, 0.05) is 32.7 Å². The summed E-state index contributed by atoms with van der Waals surface area (Å²) in [4.78, 5) is 17.5. The van der Waals surface area contributed by atoms with Crippen molar-refractivity contribution in [2.75, 3.05) is 39.3 Å². The fourth-order valence-electron chi connectivity index (χ4n) is 4.68. The standard InChI is InChI=1S/C28H47N3O/c1-6-9-25(8-3)13-12-24(5)20-30-18-16-27(21-30)22-31(17-7-2)28(32)29-19-26-14-10-23(4)11-15-26/h10-14,26-27H,6-9,15-22H2,1-5H3,(H,29,32)/b24-12+,25-13-/t26?,27-/m1/s1. The largest absolute Gasteiger partial charge is 0.337 e. The van der Waals surface area contributed by atoms with E-state index in [1.165, 1.54) is 30.4 Å². The molecule has 0 aromatic carbocycles. The van der Waals surface area contributed by atoms with E-state index in [0.29, 0.717) is 11.8 Å². The Morgan fingerprint density at radius 3 is 2.72 bits per heavy atom. The lowest BCUT2D eigenvalue weighted by atomic mass is 9.97. The van der Waals surface area contributed by atoms with Crippen molar-refractivity contribution in [1.29, 1.82) is 0 Å². The lowest BCUT2D eigenvalue weighted by molar-refractivity contribution is 0.186. The molecule has 0 spiro atoms. The summed E-state index contributed by atoms with van der Waals surface area (Å²) in [6.07, 6.45) is 18.1. The van der Waals surface area contributed by atoms with Crippen LogP contribution in [-0.4, -0.2) is 55.1 Å². The van der Waals surface area contributed by atoms with E-state index in [0.717, 1.165) is 58.5 Å². The van der Waals surface area contributed by atoms with Gasteiger partial charge in [0.2, 0.25) is 0 Å². The molecular weight excluding hydrogens is 394 g/mol. The number of nitrogens with one attached hydrogen (secondary N) is 1. The predicted molar refractivity (Wildman–Crippen MR) is 138 cm³/mol. The van der Waals surface area contributed by atoms with Crippen LogP contribution >= 0.6 is 0 Å². The zero-order valence-corrected chi connectivity index (χ0v) is 21.3. The van der Waals surface area contributed by atoms with Gasteiger partial charge < -0.3 is 10.2 Å². The highest BCUT2D eigenvalue weighted by Gasteiger charge is 2.26. The Kier molecular flexibility index (Phi) is 11.9. The molecule has 180 valence electrons. The molecule has 2 rings (SSSR count). The Balaban J connectivity index is 1.80. The van der Waals surface area contributed by atoms with Crippen molar-refractivity contribution >= 4 is 6.03 Å². The topological polar surface area (TPSA) is 35.6 Å². The number of carbonyl (C=O) groups is 1. The summed E-state index contributed by atoms with van der Waals surface area (Å²) in [5, 5.41) is 3.19. The van der Waals surface area contributed by atoms with Crippen molar-refractivity contribution < 1.29 is 4.79 Å². The van der Waals surface area contributed by atoms with E-state index < -0.39 is 0 Å². The summed E-state index contributed by atoms with van der Waals surface area (Å²) in [5.41, 5.74) is 4.29. The molecular formula is C28H47N3O. The third kappa shape index (κ3) is 9.36. The third-order valence-electron chi connectivity index (χ3n) is 6.62. The number of likely N-dealkylation sites (tertiary alicyclic amines) is 1. The molecule has 1 fully saturated rings. The van der Waals surface area contributed by atoms with Crippen molar-refractivity contribution in [2.45, 2.75) is 73.1 Å². The van der Waals surface area contributed by atoms with E-state index in [9.17, 15) is 4.79 Å². The summed E-state index contributed by atoms with van der Waals surface area (Å²) in [6.45, 7) is 16.7. The lowest BCUT2D eigenvalue weighted by Gasteiger charge is -2.27. The monoisotopic (exact) mass is 441 g/mol. The Hall–Kier alpha value is -1.81. The summed E-state index contributed by atoms with van der Waals surface area (Å²) in [6, 6.07) is 0.106. The first-order valence-electron chi connectivity index (χ1n) is 12.9. The summed E-state index contributed by atoms with van der Waals surface area (Å²) < 4.78 is 0. The highest BCUT2D eigenvalue weighted by molar-refractivity contribution is 5.74. The van der Waals surface area contributed by atoms with Gasteiger partial charge in [0.1, 0.15) is 0 Å². The summed E-state index contributed by atoms with van der Waals surface area (Å²) >= 11 is 0. The maximum atomic E-state index is 12.9. The van der Waals surface area contributed by atoms with Crippen LogP contribution in [0.5, 0.6) is 0 Å². The van der Waals surface area contributed by atoms with Crippen LogP contribution in [0.4, 0.5) is 4.79 Å². The number of amides is 2. The average molecular weight is 442 g/mol. The van der Waals surface area contributed by atoms with Gasteiger partial charge in [-0.2, -0.15) is 0 Å². The second-order valence-electron chi connectivity index (χ2n) is 9.77. The van der Waals surface area contributed by atoms with Crippen LogP contribution in [0.2, 0.25) is 0 Å². The van der Waals surface area contributed by atoms with Gasteiger partial charge in [0.15, 0.2) is 0 Å². The average Bonchev–Trinajstić information content (AvgIpc) is 3.22. The number of hydrogen-bond acceptors (Lipinski definition) is 2. The first-order valence-corrected chi connectivity index (χ1v) is 12.9. The van der Waals surface area contributed by atoms with Crippen LogP contribution < -0.4 is 5.32 Å². The molecule has 0 aromatic heterocycles. The van der Waals surface area contributed by atoms with E-state index in [1.807, 2.05) is 4.90 Å². The third-order valence-corrected chi connectivity index (χ3v) is 6.62. The fourth-order valence-corrected chi connectivity index (χ4v) is 4.68. The van der Waals surface area contributed by atoms with E-state index >= 15 is 0 Å². The van der Waals surface area contributed by atoms with E-state index in [1.54, 1.807) is 5.57 Å². The minimum atomic E-state index is 0.106. The molecule has 1 heterocycles. The van der Waals surface area contributed by atoms with Crippen molar-refractivity contribution in [3.63, 3.8) is 0 Å². The van der Waals surface area contributed by atoms with E-state index in [4.69, 9.17) is 0 Å².